The Morgan fingerprint density at radius 1 is 1.10 bits per heavy atom. The first-order valence-corrected chi connectivity index (χ1v) is 7.16. The highest BCUT2D eigenvalue weighted by Gasteiger charge is 2.20. The molecule has 1 aromatic rings. The Hall–Kier alpha value is -1.30. The van der Waals surface area contributed by atoms with Crippen molar-refractivity contribution in [1.82, 2.24) is 5.32 Å². The maximum Gasteiger partial charge on any atom is 0.203 e. The van der Waals surface area contributed by atoms with E-state index in [4.69, 9.17) is 4.74 Å². The van der Waals surface area contributed by atoms with Crippen LogP contribution >= 0.6 is 0 Å². The second-order valence-electron chi connectivity index (χ2n) is 5.00. The molecule has 6 heteroatoms. The second kappa shape index (κ2) is 8.87. The van der Waals surface area contributed by atoms with Crippen LogP contribution in [0, 0.1) is 23.3 Å². The summed E-state index contributed by atoms with van der Waals surface area (Å²) in [4.78, 5) is 0. The molecule has 0 saturated heterocycles. The van der Waals surface area contributed by atoms with Gasteiger partial charge in [0.2, 0.25) is 11.6 Å². The third-order valence-electron chi connectivity index (χ3n) is 3.09. The molecule has 0 aliphatic carbocycles. The first-order valence-electron chi connectivity index (χ1n) is 7.16. The topological polar surface area (TPSA) is 21.3 Å². The van der Waals surface area contributed by atoms with Gasteiger partial charge in [0.1, 0.15) is 0 Å². The monoisotopic (exact) mass is 307 g/mol. The lowest BCUT2D eigenvalue weighted by Gasteiger charge is -2.13. The molecule has 0 aliphatic heterocycles. The number of unbranched alkanes of at least 4 members (excludes halogenated alkanes) is 1. The zero-order valence-corrected chi connectivity index (χ0v) is 12.3. The van der Waals surface area contributed by atoms with Crippen molar-refractivity contribution in [3.8, 4) is 5.75 Å². The molecule has 1 atom stereocenters. The zero-order valence-electron chi connectivity index (χ0n) is 12.3. The Kier molecular flexibility index (Phi) is 7.50. The van der Waals surface area contributed by atoms with Crippen LogP contribution in [0.5, 0.6) is 5.75 Å². The van der Waals surface area contributed by atoms with Gasteiger partial charge in [-0.25, -0.2) is 8.78 Å². The molecule has 1 N–H and O–H groups in total. The Balaban J connectivity index is 2.37. The maximum atomic E-state index is 13.3. The maximum absolute atomic E-state index is 13.3. The van der Waals surface area contributed by atoms with E-state index in [0.717, 1.165) is 25.8 Å². The highest BCUT2D eigenvalue weighted by Crippen LogP contribution is 2.26. The fourth-order valence-electron chi connectivity index (χ4n) is 1.90. The third-order valence-corrected chi connectivity index (χ3v) is 3.09. The van der Waals surface area contributed by atoms with E-state index in [1.807, 2.05) is 0 Å². The largest absolute Gasteiger partial charge is 0.487 e. The van der Waals surface area contributed by atoms with E-state index in [1.165, 1.54) is 0 Å². The first-order chi connectivity index (χ1) is 9.97. The molecular weight excluding hydrogens is 286 g/mol. The van der Waals surface area contributed by atoms with E-state index in [-0.39, 0.29) is 12.7 Å². The van der Waals surface area contributed by atoms with Gasteiger partial charge in [-0.05, 0) is 39.2 Å². The van der Waals surface area contributed by atoms with Crippen LogP contribution < -0.4 is 10.1 Å². The lowest BCUT2D eigenvalue weighted by molar-refractivity contribution is 0.262. The number of hydrogen-bond donors (Lipinski definition) is 1. The molecule has 120 valence electrons. The van der Waals surface area contributed by atoms with Crippen molar-refractivity contribution >= 4 is 0 Å². The quantitative estimate of drug-likeness (QED) is 0.420. The van der Waals surface area contributed by atoms with E-state index in [0.29, 0.717) is 12.5 Å². The number of rotatable bonds is 9. The SMILES string of the molecule is CCCNC(C)CCCCOc1c(F)c(F)cc(F)c1F. The minimum absolute atomic E-state index is 0.0111. The summed E-state index contributed by atoms with van der Waals surface area (Å²) in [7, 11) is 0. The van der Waals surface area contributed by atoms with Gasteiger partial charge in [-0.1, -0.05) is 6.92 Å². The van der Waals surface area contributed by atoms with Crippen LogP contribution in [0.2, 0.25) is 0 Å². The summed E-state index contributed by atoms with van der Waals surface area (Å²) < 4.78 is 57.3. The summed E-state index contributed by atoms with van der Waals surface area (Å²) in [6.07, 6.45) is 3.29. The van der Waals surface area contributed by atoms with Gasteiger partial charge in [-0.15, -0.1) is 0 Å². The van der Waals surface area contributed by atoms with Gasteiger partial charge >= 0.3 is 0 Å². The zero-order chi connectivity index (χ0) is 15.8. The smallest absolute Gasteiger partial charge is 0.203 e. The van der Waals surface area contributed by atoms with Gasteiger partial charge in [0, 0.05) is 12.1 Å². The van der Waals surface area contributed by atoms with Gasteiger partial charge in [0.25, 0.3) is 0 Å². The molecular formula is C15H21F4NO. The van der Waals surface area contributed by atoms with Crippen molar-refractivity contribution in [2.45, 2.75) is 45.6 Å². The molecule has 0 spiro atoms. The van der Waals surface area contributed by atoms with Crippen LogP contribution in [0.4, 0.5) is 17.6 Å². The fourth-order valence-corrected chi connectivity index (χ4v) is 1.90. The molecule has 1 rings (SSSR count). The summed E-state index contributed by atoms with van der Waals surface area (Å²) in [6.45, 7) is 5.08. The van der Waals surface area contributed by atoms with Gasteiger partial charge in [0.05, 0.1) is 6.61 Å². The van der Waals surface area contributed by atoms with Gasteiger partial charge in [-0.3, -0.25) is 0 Å². The van der Waals surface area contributed by atoms with Gasteiger partial charge in [0.15, 0.2) is 17.4 Å². The Labute approximate surface area is 122 Å². The standard InChI is InChI=1S/C15H21F4NO/c1-3-7-20-10(2)6-4-5-8-21-15-13(18)11(16)9-12(17)14(15)19/h9-10,20H,3-8H2,1-2H3. The third kappa shape index (κ3) is 5.53. The fraction of sp³-hybridized carbons (Fsp3) is 0.600. The lowest BCUT2D eigenvalue weighted by atomic mass is 10.1. The Morgan fingerprint density at radius 2 is 1.71 bits per heavy atom. The van der Waals surface area contributed by atoms with Crippen LogP contribution in [-0.4, -0.2) is 19.2 Å². The molecule has 0 fully saturated rings. The van der Waals surface area contributed by atoms with Gasteiger partial charge < -0.3 is 10.1 Å². The molecule has 1 unspecified atom stereocenters. The highest BCUT2D eigenvalue weighted by molar-refractivity contribution is 5.28. The molecule has 0 saturated carbocycles. The number of benzene rings is 1. The van der Waals surface area contributed by atoms with Crippen LogP contribution in [0.1, 0.15) is 39.5 Å². The van der Waals surface area contributed by atoms with E-state index < -0.39 is 29.0 Å². The Morgan fingerprint density at radius 3 is 2.29 bits per heavy atom. The van der Waals surface area contributed by atoms with E-state index >= 15 is 0 Å². The molecule has 0 aromatic heterocycles. The molecule has 0 bridgehead atoms. The normalized spacial score (nSPS) is 12.5. The van der Waals surface area contributed by atoms with Crippen molar-refractivity contribution < 1.29 is 22.3 Å². The summed E-state index contributed by atoms with van der Waals surface area (Å²) in [5, 5.41) is 3.31. The predicted octanol–water partition coefficient (Wildman–Crippen LogP) is 4.18. The number of ether oxygens (including phenoxy) is 1. The van der Waals surface area contributed by atoms with E-state index in [1.54, 1.807) is 0 Å². The molecule has 2 nitrogen and oxygen atoms in total. The summed E-state index contributed by atoms with van der Waals surface area (Å²) in [5.74, 6) is -6.88. The number of halogens is 4. The van der Waals surface area contributed by atoms with Crippen molar-refractivity contribution in [1.29, 1.82) is 0 Å². The highest BCUT2D eigenvalue weighted by atomic mass is 19.2. The Bertz CT molecular complexity index is 428. The molecule has 21 heavy (non-hydrogen) atoms. The van der Waals surface area contributed by atoms with Crippen LogP contribution in [-0.2, 0) is 0 Å². The van der Waals surface area contributed by atoms with Crippen LogP contribution in [0.25, 0.3) is 0 Å². The van der Waals surface area contributed by atoms with Crippen LogP contribution in [0.3, 0.4) is 0 Å². The molecule has 0 aliphatic rings. The summed E-state index contributed by atoms with van der Waals surface area (Å²) >= 11 is 0. The molecule has 0 amide bonds. The first kappa shape index (κ1) is 17.8. The molecule has 0 radical (unpaired) electrons. The summed E-state index contributed by atoms with van der Waals surface area (Å²) in [6, 6.07) is 0.517. The second-order valence-corrected chi connectivity index (χ2v) is 5.00. The van der Waals surface area contributed by atoms with Crippen molar-refractivity contribution in [2.24, 2.45) is 0 Å². The minimum Gasteiger partial charge on any atom is -0.487 e. The molecule has 0 heterocycles. The van der Waals surface area contributed by atoms with Crippen molar-refractivity contribution in [3.63, 3.8) is 0 Å². The average Bonchev–Trinajstić information content (AvgIpc) is 2.45. The van der Waals surface area contributed by atoms with Crippen molar-refractivity contribution in [3.05, 3.63) is 29.3 Å². The number of nitrogens with one attached hydrogen (secondary N) is 1. The van der Waals surface area contributed by atoms with Gasteiger partial charge in [-0.2, -0.15) is 8.78 Å². The number of hydrogen-bond acceptors (Lipinski definition) is 2. The average molecular weight is 307 g/mol. The predicted molar refractivity (Wildman–Crippen MR) is 73.4 cm³/mol. The molecule has 1 aromatic carbocycles. The van der Waals surface area contributed by atoms with Crippen LogP contribution in [0.15, 0.2) is 6.07 Å². The van der Waals surface area contributed by atoms with Crippen molar-refractivity contribution in [2.75, 3.05) is 13.2 Å². The summed E-state index contributed by atoms with van der Waals surface area (Å²) in [5.41, 5.74) is 0. The van der Waals surface area contributed by atoms with E-state index in [2.05, 4.69) is 19.2 Å². The minimum atomic E-state index is -1.49. The van der Waals surface area contributed by atoms with E-state index in [9.17, 15) is 17.6 Å². The lowest BCUT2D eigenvalue weighted by Crippen LogP contribution is -2.26.